The van der Waals surface area contributed by atoms with Gasteiger partial charge in [-0.3, -0.25) is 9.10 Å². The first-order chi connectivity index (χ1) is 11.8. The quantitative estimate of drug-likeness (QED) is 0.792. The molecule has 1 amide bonds. The van der Waals surface area contributed by atoms with Gasteiger partial charge in [0.15, 0.2) is 0 Å². The molecule has 0 aliphatic heterocycles. The number of nitrogens with zero attached hydrogens (tertiary/aromatic N) is 2. The Hall–Kier alpha value is -2.41. The number of carbonyl (C=O) groups excluding carboxylic acids is 1. The lowest BCUT2D eigenvalue weighted by atomic mass is 10.1. The highest BCUT2D eigenvalue weighted by molar-refractivity contribution is 7.92. The lowest BCUT2D eigenvalue weighted by Crippen LogP contribution is -2.29. The second kappa shape index (κ2) is 7.65. The summed E-state index contributed by atoms with van der Waals surface area (Å²) in [5, 5.41) is 0. The van der Waals surface area contributed by atoms with E-state index in [9.17, 15) is 17.6 Å². The fourth-order valence-electron chi connectivity index (χ4n) is 2.36. The molecule has 0 aliphatic rings. The summed E-state index contributed by atoms with van der Waals surface area (Å²) >= 11 is 0. The summed E-state index contributed by atoms with van der Waals surface area (Å²) in [5.41, 5.74) is 1.17. The molecule has 0 atom stereocenters. The number of hydrogen-bond donors (Lipinski definition) is 0. The van der Waals surface area contributed by atoms with Crippen LogP contribution < -0.4 is 4.31 Å². The van der Waals surface area contributed by atoms with Crippen molar-refractivity contribution in [1.82, 2.24) is 4.90 Å². The van der Waals surface area contributed by atoms with Gasteiger partial charge in [-0.2, -0.15) is 0 Å². The van der Waals surface area contributed by atoms with Crippen LogP contribution in [0.4, 0.5) is 10.1 Å². The molecule has 0 aliphatic carbocycles. The third-order valence-electron chi connectivity index (χ3n) is 3.95. The summed E-state index contributed by atoms with van der Waals surface area (Å²) in [7, 11) is -0.382. The Morgan fingerprint density at radius 1 is 1.08 bits per heavy atom. The number of halogens is 1. The molecule has 7 heteroatoms. The molecule has 0 radical (unpaired) electrons. The van der Waals surface area contributed by atoms with E-state index in [1.807, 2.05) is 0 Å². The van der Waals surface area contributed by atoms with Gasteiger partial charge < -0.3 is 4.90 Å². The predicted octanol–water partition coefficient (Wildman–Crippen LogP) is 2.88. The van der Waals surface area contributed by atoms with E-state index in [0.29, 0.717) is 16.8 Å². The summed E-state index contributed by atoms with van der Waals surface area (Å²) in [6.45, 7) is 1.68. The lowest BCUT2D eigenvalue weighted by Gasteiger charge is -2.21. The molecule has 0 unspecified atom stereocenters. The van der Waals surface area contributed by atoms with Gasteiger partial charge in [-0.25, -0.2) is 12.8 Å². The van der Waals surface area contributed by atoms with Crippen molar-refractivity contribution in [2.75, 3.05) is 24.2 Å². The Kier molecular flexibility index (Phi) is 5.79. The number of sulfonamides is 1. The standard InChI is InChI=1S/C18H21FN2O3S/c1-4-25(23,24)21(3)16-10-7-9-14(12-16)18(22)20(2)13-15-8-5-6-11-17(15)19/h5-12H,4,13H2,1-3H3. The molecule has 2 aromatic carbocycles. The first kappa shape index (κ1) is 18.9. The third-order valence-corrected chi connectivity index (χ3v) is 5.73. The van der Waals surface area contributed by atoms with Gasteiger partial charge >= 0.3 is 0 Å². The van der Waals surface area contributed by atoms with Crippen LogP contribution in [0, 0.1) is 5.82 Å². The van der Waals surface area contributed by atoms with Gasteiger partial charge in [-0.15, -0.1) is 0 Å². The maximum Gasteiger partial charge on any atom is 0.253 e. The molecule has 2 rings (SSSR count). The van der Waals surface area contributed by atoms with Crippen LogP contribution >= 0.6 is 0 Å². The Morgan fingerprint density at radius 3 is 2.40 bits per heavy atom. The van der Waals surface area contributed by atoms with Crippen molar-refractivity contribution in [1.29, 1.82) is 0 Å². The second-order valence-electron chi connectivity index (χ2n) is 5.67. The van der Waals surface area contributed by atoms with Crippen molar-refractivity contribution in [3.63, 3.8) is 0 Å². The van der Waals surface area contributed by atoms with Gasteiger partial charge in [0.1, 0.15) is 5.82 Å². The van der Waals surface area contributed by atoms with E-state index in [4.69, 9.17) is 0 Å². The monoisotopic (exact) mass is 364 g/mol. The van der Waals surface area contributed by atoms with Gasteiger partial charge in [-0.05, 0) is 31.2 Å². The fourth-order valence-corrected chi connectivity index (χ4v) is 3.19. The van der Waals surface area contributed by atoms with E-state index in [0.717, 1.165) is 4.31 Å². The average molecular weight is 364 g/mol. The van der Waals surface area contributed by atoms with Crippen molar-refractivity contribution < 1.29 is 17.6 Å². The molecule has 0 bridgehead atoms. The molecular formula is C18H21FN2O3S. The zero-order valence-corrected chi connectivity index (χ0v) is 15.3. The van der Waals surface area contributed by atoms with Crippen LogP contribution in [0.25, 0.3) is 0 Å². The number of amides is 1. The highest BCUT2D eigenvalue weighted by Crippen LogP contribution is 2.20. The number of benzene rings is 2. The zero-order chi connectivity index (χ0) is 18.6. The second-order valence-corrected chi connectivity index (χ2v) is 7.96. The highest BCUT2D eigenvalue weighted by atomic mass is 32.2. The summed E-state index contributed by atoms with van der Waals surface area (Å²) < 4.78 is 38.9. The Balaban J connectivity index is 2.22. The summed E-state index contributed by atoms with van der Waals surface area (Å²) in [5.74, 6) is -0.716. The smallest absolute Gasteiger partial charge is 0.253 e. The van der Waals surface area contributed by atoms with Crippen molar-refractivity contribution in [2.24, 2.45) is 0 Å². The predicted molar refractivity (Wildman–Crippen MR) is 96.5 cm³/mol. The molecule has 2 aromatic rings. The fraction of sp³-hybridized carbons (Fsp3) is 0.278. The SMILES string of the molecule is CCS(=O)(=O)N(C)c1cccc(C(=O)N(C)Cc2ccccc2F)c1. The molecule has 0 spiro atoms. The van der Waals surface area contributed by atoms with Crippen molar-refractivity contribution in [3.05, 3.63) is 65.5 Å². The Morgan fingerprint density at radius 2 is 1.76 bits per heavy atom. The molecule has 0 heterocycles. The molecule has 0 fully saturated rings. The highest BCUT2D eigenvalue weighted by Gasteiger charge is 2.19. The normalized spacial score (nSPS) is 11.2. The Bertz CT molecular complexity index is 868. The van der Waals surface area contributed by atoms with Gasteiger partial charge in [0.05, 0.1) is 11.4 Å². The van der Waals surface area contributed by atoms with E-state index < -0.39 is 10.0 Å². The zero-order valence-electron chi connectivity index (χ0n) is 14.4. The first-order valence-corrected chi connectivity index (χ1v) is 9.42. The molecule has 25 heavy (non-hydrogen) atoms. The van der Waals surface area contributed by atoms with Crippen LogP contribution in [0.2, 0.25) is 0 Å². The van der Waals surface area contributed by atoms with Gasteiger partial charge in [0.25, 0.3) is 5.91 Å². The Labute approximate surface area is 147 Å². The number of rotatable bonds is 6. The molecule has 0 saturated carbocycles. The summed E-state index contributed by atoms with van der Waals surface area (Å²) in [6, 6.07) is 12.7. The third kappa shape index (κ3) is 4.36. The molecule has 5 nitrogen and oxygen atoms in total. The van der Waals surface area contributed by atoms with E-state index in [2.05, 4.69) is 0 Å². The van der Waals surface area contributed by atoms with Crippen LogP contribution in [-0.4, -0.2) is 39.1 Å². The van der Waals surface area contributed by atoms with Crippen LogP contribution in [0.1, 0.15) is 22.8 Å². The van der Waals surface area contributed by atoms with Gasteiger partial charge in [0, 0.05) is 31.8 Å². The molecule has 0 N–H and O–H groups in total. The maximum atomic E-state index is 13.7. The van der Waals surface area contributed by atoms with E-state index in [1.54, 1.807) is 50.4 Å². The van der Waals surface area contributed by atoms with Crippen molar-refractivity contribution >= 4 is 21.6 Å². The minimum atomic E-state index is -3.41. The molecule has 0 saturated heterocycles. The maximum absolute atomic E-state index is 13.7. The number of hydrogen-bond acceptors (Lipinski definition) is 3. The number of anilines is 1. The van der Waals surface area contributed by atoms with Gasteiger partial charge in [-0.1, -0.05) is 24.3 Å². The lowest BCUT2D eigenvalue weighted by molar-refractivity contribution is 0.0784. The number of carbonyl (C=O) groups is 1. The largest absolute Gasteiger partial charge is 0.337 e. The van der Waals surface area contributed by atoms with Crippen molar-refractivity contribution in [2.45, 2.75) is 13.5 Å². The van der Waals surface area contributed by atoms with Crippen LogP contribution in [-0.2, 0) is 16.6 Å². The van der Waals surface area contributed by atoms with Crippen LogP contribution in [0.5, 0.6) is 0 Å². The van der Waals surface area contributed by atoms with Crippen molar-refractivity contribution in [3.8, 4) is 0 Å². The van der Waals surface area contributed by atoms with Gasteiger partial charge in [0.2, 0.25) is 10.0 Å². The van der Waals surface area contributed by atoms with E-state index >= 15 is 0 Å². The molecule has 134 valence electrons. The minimum absolute atomic E-state index is 0.0329. The molecule has 0 aromatic heterocycles. The summed E-state index contributed by atoms with van der Waals surface area (Å²) in [6.07, 6.45) is 0. The van der Waals surface area contributed by atoms with E-state index in [1.165, 1.54) is 24.1 Å². The van der Waals surface area contributed by atoms with E-state index in [-0.39, 0.29) is 24.0 Å². The van der Waals surface area contributed by atoms with Crippen LogP contribution in [0.15, 0.2) is 48.5 Å². The topological polar surface area (TPSA) is 57.7 Å². The minimum Gasteiger partial charge on any atom is -0.337 e. The first-order valence-electron chi connectivity index (χ1n) is 7.81. The van der Waals surface area contributed by atoms with Crippen LogP contribution in [0.3, 0.4) is 0 Å². The molecular weight excluding hydrogens is 343 g/mol. The average Bonchev–Trinajstić information content (AvgIpc) is 2.62. The summed E-state index contributed by atoms with van der Waals surface area (Å²) in [4.78, 5) is 14.0.